The number of carbonyl (C=O) groups excluding carboxylic acids is 2. The second kappa shape index (κ2) is 7.35. The molecule has 6 nitrogen and oxygen atoms in total. The zero-order valence-corrected chi connectivity index (χ0v) is 15.2. The summed E-state index contributed by atoms with van der Waals surface area (Å²) < 4.78 is 3.10. The van der Waals surface area contributed by atoms with Gasteiger partial charge in [0, 0.05) is 0 Å². The molecule has 2 aromatic heterocycles. The maximum absolute atomic E-state index is 12.4. The predicted octanol–water partition coefficient (Wildman–Crippen LogP) is 3.75. The number of benzene rings is 2. The second-order valence-corrected chi connectivity index (χ2v) is 7.98. The fraction of sp³-hybridized carbons (Fsp3) is 0.111. The van der Waals surface area contributed by atoms with Crippen molar-refractivity contribution in [3.63, 3.8) is 0 Å². The van der Waals surface area contributed by atoms with Crippen molar-refractivity contribution in [1.29, 1.82) is 0 Å². The molecule has 0 fully saturated rings. The van der Waals surface area contributed by atoms with Crippen LogP contribution in [0.3, 0.4) is 0 Å². The minimum Gasteiger partial charge on any atom is -0.273 e. The van der Waals surface area contributed by atoms with E-state index in [1.54, 1.807) is 21.8 Å². The largest absolute Gasteiger partial charge is 0.273 e. The van der Waals surface area contributed by atoms with Crippen LogP contribution in [-0.4, -0.2) is 42.4 Å². The van der Waals surface area contributed by atoms with Crippen LogP contribution in [-0.2, 0) is 0 Å². The van der Waals surface area contributed by atoms with Crippen molar-refractivity contribution < 1.29 is 9.59 Å². The Morgan fingerprint density at radius 1 is 0.731 bits per heavy atom. The lowest BCUT2D eigenvalue weighted by molar-refractivity contribution is 0.0937. The molecular weight excluding hydrogens is 368 g/mol. The molecular formula is C18H14N4O2S2. The molecule has 0 aliphatic rings. The average Bonchev–Trinajstić information content (AvgIpc) is 3.29. The SMILES string of the molecule is O=C(CSSCC(=O)n1cnc2ccccc21)n1cnc2ccccc21. The van der Waals surface area contributed by atoms with Gasteiger partial charge in [0.2, 0.25) is 11.8 Å². The summed E-state index contributed by atoms with van der Waals surface area (Å²) in [6, 6.07) is 15.0. The molecule has 0 saturated carbocycles. The maximum Gasteiger partial charge on any atom is 0.243 e. The zero-order valence-electron chi connectivity index (χ0n) is 13.6. The Morgan fingerprint density at radius 2 is 1.15 bits per heavy atom. The number of aromatic nitrogens is 4. The molecule has 4 rings (SSSR count). The van der Waals surface area contributed by atoms with Gasteiger partial charge in [-0.3, -0.25) is 18.7 Å². The number of imidazole rings is 2. The van der Waals surface area contributed by atoms with Crippen molar-refractivity contribution in [2.75, 3.05) is 11.5 Å². The van der Waals surface area contributed by atoms with E-state index in [1.807, 2.05) is 48.5 Å². The van der Waals surface area contributed by atoms with Crippen molar-refractivity contribution in [1.82, 2.24) is 19.1 Å². The van der Waals surface area contributed by atoms with Gasteiger partial charge in [-0.1, -0.05) is 45.9 Å². The topological polar surface area (TPSA) is 69.8 Å². The molecule has 0 atom stereocenters. The van der Waals surface area contributed by atoms with Gasteiger partial charge in [-0.25, -0.2) is 9.97 Å². The van der Waals surface area contributed by atoms with Gasteiger partial charge in [0.15, 0.2) is 0 Å². The summed E-state index contributed by atoms with van der Waals surface area (Å²) in [6.45, 7) is 0. The molecule has 4 aromatic rings. The molecule has 8 heteroatoms. The summed E-state index contributed by atoms with van der Waals surface area (Å²) in [4.78, 5) is 33.2. The number of carbonyl (C=O) groups is 2. The molecule has 26 heavy (non-hydrogen) atoms. The van der Waals surface area contributed by atoms with Crippen LogP contribution in [0.5, 0.6) is 0 Å². The first-order chi connectivity index (χ1) is 12.7. The number of hydrogen-bond acceptors (Lipinski definition) is 6. The molecule has 2 heterocycles. The highest BCUT2D eigenvalue weighted by atomic mass is 33.1. The highest BCUT2D eigenvalue weighted by Gasteiger charge is 2.12. The standard InChI is InChI=1S/C18H14N4O2S2/c23-17(21-11-19-13-5-1-3-7-15(13)21)9-25-26-10-18(24)22-12-20-14-6-2-4-8-16(14)22/h1-8,11-12H,9-10H2. The third-order valence-electron chi connectivity index (χ3n) is 3.89. The van der Waals surface area contributed by atoms with Gasteiger partial charge in [-0.15, -0.1) is 0 Å². The molecule has 130 valence electrons. The highest BCUT2D eigenvalue weighted by molar-refractivity contribution is 8.77. The third-order valence-corrected chi connectivity index (χ3v) is 6.00. The van der Waals surface area contributed by atoms with E-state index in [2.05, 4.69) is 9.97 Å². The first kappa shape index (κ1) is 16.9. The highest BCUT2D eigenvalue weighted by Crippen LogP contribution is 2.23. The van der Waals surface area contributed by atoms with Crippen LogP contribution in [0.15, 0.2) is 61.2 Å². The smallest absolute Gasteiger partial charge is 0.243 e. The zero-order chi connectivity index (χ0) is 17.9. The van der Waals surface area contributed by atoms with E-state index in [1.165, 1.54) is 21.6 Å². The van der Waals surface area contributed by atoms with Gasteiger partial charge in [-0.2, -0.15) is 0 Å². The van der Waals surface area contributed by atoms with E-state index in [-0.39, 0.29) is 23.3 Å². The van der Waals surface area contributed by atoms with Crippen LogP contribution in [0.25, 0.3) is 22.1 Å². The first-order valence-electron chi connectivity index (χ1n) is 7.89. The summed E-state index contributed by atoms with van der Waals surface area (Å²) in [5, 5.41) is 0. The summed E-state index contributed by atoms with van der Waals surface area (Å²) >= 11 is 0. The lowest BCUT2D eigenvalue weighted by Gasteiger charge is -2.04. The van der Waals surface area contributed by atoms with E-state index in [0.717, 1.165) is 22.1 Å². The van der Waals surface area contributed by atoms with Crippen LogP contribution in [0.1, 0.15) is 9.59 Å². The number of fused-ring (bicyclic) bond motifs is 2. The van der Waals surface area contributed by atoms with Crippen LogP contribution in [0, 0.1) is 0 Å². The van der Waals surface area contributed by atoms with E-state index in [9.17, 15) is 9.59 Å². The molecule has 0 bridgehead atoms. The lowest BCUT2D eigenvalue weighted by Crippen LogP contribution is -2.13. The van der Waals surface area contributed by atoms with Crippen LogP contribution in [0.2, 0.25) is 0 Å². The normalized spacial score (nSPS) is 11.2. The summed E-state index contributed by atoms with van der Waals surface area (Å²) in [5.74, 6) is 0.417. The Kier molecular flexibility index (Phi) is 4.77. The van der Waals surface area contributed by atoms with Gasteiger partial charge >= 0.3 is 0 Å². The Hall–Kier alpha value is -2.58. The molecule has 0 radical (unpaired) electrons. The monoisotopic (exact) mass is 382 g/mol. The van der Waals surface area contributed by atoms with Gasteiger partial charge in [0.05, 0.1) is 33.6 Å². The lowest BCUT2D eigenvalue weighted by atomic mass is 10.3. The predicted molar refractivity (Wildman–Crippen MR) is 106 cm³/mol. The summed E-state index contributed by atoms with van der Waals surface area (Å²) in [5.41, 5.74) is 3.18. The summed E-state index contributed by atoms with van der Waals surface area (Å²) in [6.07, 6.45) is 3.09. The molecule has 0 aliphatic heterocycles. The molecule has 2 aromatic carbocycles. The number of rotatable bonds is 5. The van der Waals surface area contributed by atoms with Crippen LogP contribution < -0.4 is 0 Å². The quantitative estimate of drug-likeness (QED) is 0.387. The van der Waals surface area contributed by atoms with E-state index >= 15 is 0 Å². The van der Waals surface area contributed by atoms with Gasteiger partial charge in [0.1, 0.15) is 12.7 Å². The van der Waals surface area contributed by atoms with Crippen molar-refractivity contribution in [3.05, 3.63) is 61.2 Å². The van der Waals surface area contributed by atoms with E-state index < -0.39 is 0 Å². The fourth-order valence-corrected chi connectivity index (χ4v) is 4.39. The average molecular weight is 382 g/mol. The minimum atomic E-state index is -0.0586. The molecule has 0 saturated heterocycles. The molecule has 0 unspecified atom stereocenters. The molecule has 0 aliphatic carbocycles. The molecule has 0 amide bonds. The van der Waals surface area contributed by atoms with E-state index in [0.29, 0.717) is 0 Å². The van der Waals surface area contributed by atoms with Gasteiger partial charge in [-0.05, 0) is 24.3 Å². The van der Waals surface area contributed by atoms with E-state index in [4.69, 9.17) is 0 Å². The van der Waals surface area contributed by atoms with Gasteiger partial charge < -0.3 is 0 Å². The Bertz CT molecular complexity index is 1010. The van der Waals surface area contributed by atoms with Gasteiger partial charge in [0.25, 0.3) is 0 Å². The number of para-hydroxylation sites is 4. The Morgan fingerprint density at radius 3 is 1.62 bits per heavy atom. The van der Waals surface area contributed by atoms with Crippen molar-refractivity contribution in [2.45, 2.75) is 0 Å². The number of hydrogen-bond donors (Lipinski definition) is 0. The summed E-state index contributed by atoms with van der Waals surface area (Å²) in [7, 11) is 2.73. The van der Waals surface area contributed by atoms with Crippen LogP contribution >= 0.6 is 21.6 Å². The fourth-order valence-electron chi connectivity index (χ4n) is 2.64. The number of nitrogens with zero attached hydrogens (tertiary/aromatic N) is 4. The Labute approximate surface area is 157 Å². The first-order valence-corrected chi connectivity index (χ1v) is 10.4. The van der Waals surface area contributed by atoms with Crippen LogP contribution in [0.4, 0.5) is 0 Å². The third kappa shape index (κ3) is 3.25. The second-order valence-electron chi connectivity index (χ2n) is 5.52. The van der Waals surface area contributed by atoms with Crippen molar-refractivity contribution >= 4 is 55.5 Å². The maximum atomic E-state index is 12.4. The van der Waals surface area contributed by atoms with Crippen molar-refractivity contribution in [2.24, 2.45) is 0 Å². The Balaban J connectivity index is 1.33. The molecule has 0 spiro atoms. The molecule has 0 N–H and O–H groups in total. The van der Waals surface area contributed by atoms with Crippen molar-refractivity contribution in [3.8, 4) is 0 Å². The minimum absolute atomic E-state index is 0.0586.